The minimum atomic E-state index is -1.37. The molecule has 0 aliphatic carbocycles. The Hall–Kier alpha value is 0.130. The van der Waals surface area contributed by atoms with E-state index in [0.29, 0.717) is 0 Å². The minimum Gasteiger partial charge on any atom is -0.394 e. The van der Waals surface area contributed by atoms with Crippen molar-refractivity contribution in [3.05, 3.63) is 0 Å². The standard InChI is InChI=1S/C5H11ClO4/c6-1-3(8)5(10)4(9)2-7/h3-5,7-10H,1-2H2/t3-,4+,5-/m1/s1. The lowest BCUT2D eigenvalue weighted by Crippen LogP contribution is -2.40. The van der Waals surface area contributed by atoms with Crippen LogP contribution < -0.4 is 0 Å². The van der Waals surface area contributed by atoms with E-state index in [1.54, 1.807) is 0 Å². The third-order valence-electron chi connectivity index (χ3n) is 1.13. The zero-order chi connectivity index (χ0) is 8.15. The predicted molar refractivity (Wildman–Crippen MR) is 35.8 cm³/mol. The molecule has 0 aliphatic rings. The SMILES string of the molecule is OC[C@H](O)[C@H](O)[C@H](O)CCl. The van der Waals surface area contributed by atoms with E-state index in [4.69, 9.17) is 32.0 Å². The number of rotatable bonds is 4. The summed E-state index contributed by atoms with van der Waals surface area (Å²) in [4.78, 5) is 0. The van der Waals surface area contributed by atoms with E-state index in [-0.39, 0.29) is 5.88 Å². The molecule has 0 aromatic carbocycles. The zero-order valence-corrected chi connectivity index (χ0v) is 6.07. The van der Waals surface area contributed by atoms with E-state index in [2.05, 4.69) is 0 Å². The summed E-state index contributed by atoms with van der Waals surface area (Å²) in [6, 6.07) is 0. The van der Waals surface area contributed by atoms with Crippen LogP contribution in [0.5, 0.6) is 0 Å². The zero-order valence-electron chi connectivity index (χ0n) is 5.31. The van der Waals surface area contributed by atoms with Crippen molar-refractivity contribution >= 4 is 11.6 Å². The summed E-state index contributed by atoms with van der Waals surface area (Å²) < 4.78 is 0. The molecule has 0 spiro atoms. The highest BCUT2D eigenvalue weighted by Gasteiger charge is 2.22. The van der Waals surface area contributed by atoms with E-state index >= 15 is 0 Å². The number of hydrogen-bond acceptors (Lipinski definition) is 4. The van der Waals surface area contributed by atoms with Crippen LogP contribution >= 0.6 is 11.6 Å². The van der Waals surface area contributed by atoms with Gasteiger partial charge in [0.25, 0.3) is 0 Å². The van der Waals surface area contributed by atoms with Crippen molar-refractivity contribution in [3.8, 4) is 0 Å². The summed E-state index contributed by atoms with van der Waals surface area (Å²) in [5.41, 5.74) is 0. The van der Waals surface area contributed by atoms with Gasteiger partial charge in [0.15, 0.2) is 0 Å². The first-order chi connectivity index (χ1) is 4.63. The van der Waals surface area contributed by atoms with Gasteiger partial charge >= 0.3 is 0 Å². The van der Waals surface area contributed by atoms with Crippen LogP contribution in [0.15, 0.2) is 0 Å². The minimum absolute atomic E-state index is 0.168. The quantitative estimate of drug-likeness (QED) is 0.379. The Kier molecular flexibility index (Phi) is 4.93. The highest BCUT2D eigenvalue weighted by atomic mass is 35.5. The summed E-state index contributed by atoms with van der Waals surface area (Å²) in [6.07, 6.45) is -3.89. The van der Waals surface area contributed by atoms with Crippen LogP contribution in [0, 0.1) is 0 Å². The van der Waals surface area contributed by atoms with Crippen LogP contribution in [0.4, 0.5) is 0 Å². The fourth-order valence-corrected chi connectivity index (χ4v) is 0.638. The Bertz CT molecular complexity index is 79.7. The number of alkyl halides is 1. The molecule has 0 heterocycles. The molecule has 0 saturated carbocycles. The lowest BCUT2D eigenvalue weighted by atomic mass is 10.1. The molecule has 0 unspecified atom stereocenters. The van der Waals surface area contributed by atoms with Crippen molar-refractivity contribution < 1.29 is 20.4 Å². The van der Waals surface area contributed by atoms with Crippen molar-refractivity contribution in [2.75, 3.05) is 12.5 Å². The van der Waals surface area contributed by atoms with Crippen LogP contribution in [0.1, 0.15) is 0 Å². The molecule has 62 valence electrons. The Balaban J connectivity index is 3.69. The maximum Gasteiger partial charge on any atom is 0.109 e. The van der Waals surface area contributed by atoms with Gasteiger partial charge in [0, 0.05) is 0 Å². The van der Waals surface area contributed by atoms with Gasteiger partial charge in [0.2, 0.25) is 0 Å². The molecular weight excluding hydrogens is 160 g/mol. The number of aliphatic hydroxyl groups excluding tert-OH is 4. The third-order valence-corrected chi connectivity index (χ3v) is 1.45. The van der Waals surface area contributed by atoms with Crippen LogP contribution in [0.25, 0.3) is 0 Å². The molecule has 0 aromatic rings. The first kappa shape index (κ1) is 10.1. The number of aliphatic hydroxyl groups is 4. The fourth-order valence-electron chi connectivity index (χ4n) is 0.456. The molecule has 0 aromatic heterocycles. The van der Waals surface area contributed by atoms with E-state index in [1.165, 1.54) is 0 Å². The van der Waals surface area contributed by atoms with Crippen molar-refractivity contribution in [1.82, 2.24) is 0 Å². The first-order valence-corrected chi connectivity index (χ1v) is 3.38. The Morgan fingerprint density at radius 2 is 1.60 bits per heavy atom. The lowest BCUT2D eigenvalue weighted by molar-refractivity contribution is -0.0687. The van der Waals surface area contributed by atoms with Gasteiger partial charge in [0.1, 0.15) is 12.2 Å². The molecule has 5 heteroatoms. The van der Waals surface area contributed by atoms with E-state index < -0.39 is 24.9 Å². The van der Waals surface area contributed by atoms with Crippen molar-refractivity contribution in [3.63, 3.8) is 0 Å². The summed E-state index contributed by atoms with van der Waals surface area (Å²) >= 11 is 5.15. The average Bonchev–Trinajstić information content (AvgIpc) is 2.00. The van der Waals surface area contributed by atoms with Gasteiger partial charge in [-0.05, 0) is 0 Å². The molecule has 0 rings (SSSR count). The Morgan fingerprint density at radius 3 is 1.90 bits per heavy atom. The molecule has 4 N–H and O–H groups in total. The summed E-state index contributed by atoms with van der Waals surface area (Å²) in [6.45, 7) is -0.588. The molecule has 0 saturated heterocycles. The summed E-state index contributed by atoms with van der Waals surface area (Å²) in [5.74, 6) is -0.168. The van der Waals surface area contributed by atoms with E-state index in [0.717, 1.165) is 0 Å². The largest absolute Gasteiger partial charge is 0.394 e. The molecule has 0 bridgehead atoms. The smallest absolute Gasteiger partial charge is 0.109 e. The normalized spacial score (nSPS) is 20.1. The summed E-state index contributed by atoms with van der Waals surface area (Å²) in [7, 11) is 0. The van der Waals surface area contributed by atoms with Crippen molar-refractivity contribution in [2.45, 2.75) is 18.3 Å². The molecule has 0 radical (unpaired) electrons. The second kappa shape index (κ2) is 4.87. The fraction of sp³-hybridized carbons (Fsp3) is 1.00. The van der Waals surface area contributed by atoms with Crippen LogP contribution in [-0.4, -0.2) is 51.2 Å². The second-order valence-corrected chi connectivity index (χ2v) is 2.27. The van der Waals surface area contributed by atoms with Crippen molar-refractivity contribution in [1.29, 1.82) is 0 Å². The molecule has 10 heavy (non-hydrogen) atoms. The molecule has 3 atom stereocenters. The van der Waals surface area contributed by atoms with Gasteiger partial charge < -0.3 is 20.4 Å². The highest BCUT2D eigenvalue weighted by Crippen LogP contribution is 2.00. The molecule has 0 aliphatic heterocycles. The molecular formula is C5H11ClO4. The summed E-state index contributed by atoms with van der Waals surface area (Å²) in [5, 5.41) is 34.6. The number of hydrogen-bond donors (Lipinski definition) is 4. The average molecular weight is 171 g/mol. The Labute approximate surface area is 63.7 Å². The van der Waals surface area contributed by atoms with Crippen LogP contribution in [0.3, 0.4) is 0 Å². The van der Waals surface area contributed by atoms with Crippen molar-refractivity contribution in [2.24, 2.45) is 0 Å². The van der Waals surface area contributed by atoms with Crippen LogP contribution in [-0.2, 0) is 0 Å². The maximum absolute atomic E-state index is 8.84. The predicted octanol–water partition coefficient (Wildman–Crippen LogP) is -1.70. The second-order valence-electron chi connectivity index (χ2n) is 1.96. The third kappa shape index (κ3) is 2.81. The number of halogens is 1. The maximum atomic E-state index is 8.84. The van der Waals surface area contributed by atoms with Crippen LogP contribution in [0.2, 0.25) is 0 Å². The molecule has 0 amide bonds. The van der Waals surface area contributed by atoms with E-state index in [9.17, 15) is 0 Å². The topological polar surface area (TPSA) is 80.9 Å². The molecule has 0 fully saturated rings. The van der Waals surface area contributed by atoms with Gasteiger partial charge in [-0.15, -0.1) is 11.6 Å². The Morgan fingerprint density at radius 1 is 1.10 bits per heavy atom. The van der Waals surface area contributed by atoms with Gasteiger partial charge in [-0.25, -0.2) is 0 Å². The molecule has 4 nitrogen and oxygen atoms in total. The first-order valence-electron chi connectivity index (χ1n) is 2.84. The van der Waals surface area contributed by atoms with Gasteiger partial charge in [-0.1, -0.05) is 0 Å². The monoisotopic (exact) mass is 170 g/mol. The van der Waals surface area contributed by atoms with Gasteiger partial charge in [-0.3, -0.25) is 0 Å². The van der Waals surface area contributed by atoms with Gasteiger partial charge in [0.05, 0.1) is 18.6 Å². The van der Waals surface area contributed by atoms with Gasteiger partial charge in [-0.2, -0.15) is 0 Å². The van der Waals surface area contributed by atoms with E-state index in [1.807, 2.05) is 0 Å². The lowest BCUT2D eigenvalue weighted by Gasteiger charge is -2.18. The highest BCUT2D eigenvalue weighted by molar-refractivity contribution is 6.18.